The molecule has 0 aromatic carbocycles. The molecule has 2 aliphatic carbocycles. The number of ketones is 1. The van der Waals surface area contributed by atoms with Gasteiger partial charge in [-0.25, -0.2) is 0 Å². The number of Topliss-reactive ketones (excluding diaryl/α,β-unsaturated/α-hetero) is 1. The van der Waals surface area contributed by atoms with Crippen LogP contribution in [0, 0.1) is 23.2 Å². The van der Waals surface area contributed by atoms with E-state index in [0.29, 0.717) is 17.1 Å². The van der Waals surface area contributed by atoms with Crippen LogP contribution in [0.3, 0.4) is 0 Å². The van der Waals surface area contributed by atoms with Crippen LogP contribution in [0.25, 0.3) is 0 Å². The first kappa shape index (κ1) is 15.5. The van der Waals surface area contributed by atoms with Crippen molar-refractivity contribution in [2.75, 3.05) is 19.6 Å². The van der Waals surface area contributed by atoms with Crippen molar-refractivity contribution in [3.05, 3.63) is 0 Å². The predicted molar refractivity (Wildman–Crippen MR) is 87.3 cm³/mol. The first-order valence-corrected chi connectivity index (χ1v) is 9.33. The van der Waals surface area contributed by atoms with Gasteiger partial charge >= 0.3 is 0 Å². The molecule has 2 unspecified atom stereocenters. The number of rotatable bonds is 3. The molecule has 3 rings (SSSR count). The zero-order valence-corrected chi connectivity index (χ0v) is 14.1. The third-order valence-electron chi connectivity index (χ3n) is 6.81. The zero-order chi connectivity index (χ0) is 14.9. The van der Waals surface area contributed by atoms with Crippen LogP contribution in [0.1, 0.15) is 71.6 Å². The molecule has 120 valence electrons. The fourth-order valence-corrected chi connectivity index (χ4v) is 5.07. The van der Waals surface area contributed by atoms with Crippen molar-refractivity contribution in [2.45, 2.75) is 71.6 Å². The van der Waals surface area contributed by atoms with Crippen LogP contribution in [-0.4, -0.2) is 30.3 Å². The van der Waals surface area contributed by atoms with Crippen LogP contribution in [-0.2, 0) is 4.79 Å². The van der Waals surface area contributed by atoms with Crippen molar-refractivity contribution < 1.29 is 4.79 Å². The average molecular weight is 291 g/mol. The second kappa shape index (κ2) is 6.40. The predicted octanol–water partition coefficient (Wildman–Crippen LogP) is 4.28. The maximum Gasteiger partial charge on any atom is 0.137 e. The maximum atomic E-state index is 12.3. The minimum atomic E-state index is 0.337. The quantitative estimate of drug-likeness (QED) is 0.773. The van der Waals surface area contributed by atoms with Gasteiger partial charge in [0.1, 0.15) is 5.78 Å². The van der Waals surface area contributed by atoms with Gasteiger partial charge in [-0.15, -0.1) is 0 Å². The Kier molecular flexibility index (Phi) is 4.73. The van der Waals surface area contributed by atoms with Crippen LogP contribution >= 0.6 is 0 Å². The second-order valence-corrected chi connectivity index (χ2v) is 8.45. The van der Waals surface area contributed by atoms with E-state index in [9.17, 15) is 4.79 Å². The number of hydrogen-bond acceptors (Lipinski definition) is 2. The van der Waals surface area contributed by atoms with E-state index in [1.165, 1.54) is 51.6 Å². The highest BCUT2D eigenvalue weighted by molar-refractivity contribution is 5.82. The van der Waals surface area contributed by atoms with Gasteiger partial charge < -0.3 is 4.90 Å². The molecule has 2 heteroatoms. The van der Waals surface area contributed by atoms with Crippen molar-refractivity contribution in [2.24, 2.45) is 23.2 Å². The summed E-state index contributed by atoms with van der Waals surface area (Å²) in [7, 11) is 0. The van der Waals surface area contributed by atoms with Crippen LogP contribution in [0.4, 0.5) is 0 Å². The summed E-state index contributed by atoms with van der Waals surface area (Å²) in [6.07, 6.45) is 11.8. The summed E-state index contributed by atoms with van der Waals surface area (Å²) in [5, 5.41) is 0. The fourth-order valence-electron chi connectivity index (χ4n) is 5.07. The van der Waals surface area contributed by atoms with E-state index < -0.39 is 0 Å². The van der Waals surface area contributed by atoms with Crippen molar-refractivity contribution in [3.8, 4) is 0 Å². The summed E-state index contributed by atoms with van der Waals surface area (Å²) in [4.78, 5) is 14.9. The highest BCUT2D eigenvalue weighted by Crippen LogP contribution is 2.46. The van der Waals surface area contributed by atoms with E-state index in [2.05, 4.69) is 18.7 Å². The van der Waals surface area contributed by atoms with Gasteiger partial charge in [0.05, 0.1) is 0 Å². The normalized spacial score (nSPS) is 34.0. The molecule has 0 N–H and O–H groups in total. The summed E-state index contributed by atoms with van der Waals surface area (Å²) >= 11 is 0. The Labute approximate surface area is 130 Å². The highest BCUT2D eigenvalue weighted by atomic mass is 16.1. The third-order valence-corrected chi connectivity index (χ3v) is 6.81. The Bertz CT molecular complexity index is 360. The second-order valence-electron chi connectivity index (χ2n) is 8.45. The molecule has 2 saturated carbocycles. The molecule has 1 spiro atoms. The molecule has 0 aromatic heterocycles. The van der Waals surface area contributed by atoms with Crippen molar-refractivity contribution in [1.29, 1.82) is 0 Å². The Morgan fingerprint density at radius 3 is 2.43 bits per heavy atom. The molecule has 0 radical (unpaired) electrons. The van der Waals surface area contributed by atoms with Gasteiger partial charge in [-0.2, -0.15) is 0 Å². The number of hydrogen-bond donors (Lipinski definition) is 0. The first-order chi connectivity index (χ1) is 10.1. The lowest BCUT2D eigenvalue weighted by Crippen LogP contribution is -2.43. The number of carbonyl (C=O) groups excluding carboxylic acids is 1. The highest BCUT2D eigenvalue weighted by Gasteiger charge is 2.38. The molecule has 1 aliphatic heterocycles. The molecule has 3 aliphatic rings. The third kappa shape index (κ3) is 3.52. The maximum absolute atomic E-state index is 12.3. The first-order valence-electron chi connectivity index (χ1n) is 9.33. The van der Waals surface area contributed by atoms with E-state index in [-0.39, 0.29) is 0 Å². The van der Waals surface area contributed by atoms with Crippen LogP contribution in [0.5, 0.6) is 0 Å². The molecule has 21 heavy (non-hydrogen) atoms. The summed E-state index contributed by atoms with van der Waals surface area (Å²) in [6, 6.07) is 0. The van der Waals surface area contributed by atoms with Gasteiger partial charge in [0.2, 0.25) is 0 Å². The molecule has 1 saturated heterocycles. The monoisotopic (exact) mass is 291 g/mol. The molecule has 0 aromatic rings. The molecule has 0 amide bonds. The van der Waals surface area contributed by atoms with Gasteiger partial charge in [-0.3, -0.25) is 4.79 Å². The van der Waals surface area contributed by atoms with E-state index in [4.69, 9.17) is 0 Å². The minimum Gasteiger partial charge on any atom is -0.303 e. The molecular weight excluding hydrogens is 258 g/mol. The van der Waals surface area contributed by atoms with Gasteiger partial charge in [0.25, 0.3) is 0 Å². The lowest BCUT2D eigenvalue weighted by atomic mass is 9.74. The molecule has 1 heterocycles. The number of piperidine rings is 1. The standard InChI is InChI=1S/C19H33NO/c1-15(2)16-5-6-18(21)17(13-16)14-20-11-9-19(10-12-20)7-3-4-8-19/h15-17H,3-14H2,1-2H3. The minimum absolute atomic E-state index is 0.337. The molecule has 3 fully saturated rings. The average Bonchev–Trinajstić information content (AvgIpc) is 2.92. The largest absolute Gasteiger partial charge is 0.303 e. The Balaban J connectivity index is 1.51. The van der Waals surface area contributed by atoms with Gasteiger partial charge in [-0.05, 0) is 68.9 Å². The van der Waals surface area contributed by atoms with E-state index in [0.717, 1.165) is 37.6 Å². The lowest BCUT2D eigenvalue weighted by molar-refractivity contribution is -0.127. The number of likely N-dealkylation sites (tertiary alicyclic amines) is 1. The number of nitrogens with zero attached hydrogens (tertiary/aromatic N) is 1. The summed E-state index contributed by atoms with van der Waals surface area (Å²) in [6.45, 7) is 8.19. The fraction of sp³-hybridized carbons (Fsp3) is 0.947. The number of carbonyl (C=O) groups is 1. The van der Waals surface area contributed by atoms with E-state index in [1.54, 1.807) is 0 Å². The van der Waals surface area contributed by atoms with Crippen LogP contribution in [0.2, 0.25) is 0 Å². The smallest absolute Gasteiger partial charge is 0.137 e. The van der Waals surface area contributed by atoms with Crippen molar-refractivity contribution in [1.82, 2.24) is 4.90 Å². The van der Waals surface area contributed by atoms with Gasteiger partial charge in [-0.1, -0.05) is 26.7 Å². The van der Waals surface area contributed by atoms with Gasteiger partial charge in [0.15, 0.2) is 0 Å². The summed E-state index contributed by atoms with van der Waals surface area (Å²) < 4.78 is 0. The van der Waals surface area contributed by atoms with Crippen molar-refractivity contribution >= 4 is 5.78 Å². The summed E-state index contributed by atoms with van der Waals surface area (Å²) in [5.41, 5.74) is 0.702. The lowest BCUT2D eigenvalue weighted by Gasteiger charge is -2.41. The van der Waals surface area contributed by atoms with Crippen molar-refractivity contribution in [3.63, 3.8) is 0 Å². The summed E-state index contributed by atoms with van der Waals surface area (Å²) in [5.74, 6) is 2.40. The molecule has 0 bridgehead atoms. The van der Waals surface area contributed by atoms with Crippen LogP contribution < -0.4 is 0 Å². The Morgan fingerprint density at radius 1 is 1.14 bits per heavy atom. The Hall–Kier alpha value is -0.370. The van der Waals surface area contributed by atoms with E-state index in [1.807, 2.05) is 0 Å². The SMILES string of the molecule is CC(C)C1CCC(=O)C(CN2CCC3(CCCC3)CC2)C1. The zero-order valence-electron chi connectivity index (χ0n) is 14.1. The van der Waals surface area contributed by atoms with Gasteiger partial charge in [0, 0.05) is 18.9 Å². The topological polar surface area (TPSA) is 20.3 Å². The molecule has 2 nitrogen and oxygen atoms in total. The van der Waals surface area contributed by atoms with E-state index >= 15 is 0 Å². The molecular formula is C19H33NO. The molecule has 2 atom stereocenters. The van der Waals surface area contributed by atoms with Crippen LogP contribution in [0.15, 0.2) is 0 Å². The Morgan fingerprint density at radius 2 is 1.81 bits per heavy atom.